The molecular formula is C40H79KO2. The maximum atomic E-state index is 10.4. The molecule has 0 radical (unpaired) electrons. The second-order valence-corrected chi connectivity index (χ2v) is 13.8. The van der Waals surface area contributed by atoms with Gasteiger partial charge in [0.25, 0.3) is 0 Å². The van der Waals surface area contributed by atoms with Crippen LogP contribution in [-0.2, 0) is 4.79 Å². The maximum Gasteiger partial charge on any atom is 1.00 e. The van der Waals surface area contributed by atoms with E-state index in [1.54, 1.807) is 0 Å². The molecule has 0 atom stereocenters. The van der Waals surface area contributed by atoms with Crippen LogP contribution in [-0.4, -0.2) is 5.97 Å². The molecule has 252 valence electrons. The van der Waals surface area contributed by atoms with Crippen molar-refractivity contribution in [1.82, 2.24) is 0 Å². The van der Waals surface area contributed by atoms with E-state index >= 15 is 0 Å². The average molecular weight is 631 g/mol. The molecular weight excluding hydrogens is 552 g/mol. The molecule has 0 N–H and O–H groups in total. The van der Waals surface area contributed by atoms with Crippen LogP contribution in [0, 0.1) is 0 Å². The minimum absolute atomic E-state index is 0. The maximum absolute atomic E-state index is 10.4. The molecule has 0 bridgehead atoms. The van der Waals surface area contributed by atoms with Crippen molar-refractivity contribution in [2.75, 3.05) is 0 Å². The molecule has 0 aromatic carbocycles. The summed E-state index contributed by atoms with van der Waals surface area (Å²) in [6.45, 7) is 2.30. The molecule has 3 heteroatoms. The molecule has 2 nitrogen and oxygen atoms in total. The van der Waals surface area contributed by atoms with Gasteiger partial charge in [-0.2, -0.15) is 0 Å². The fourth-order valence-electron chi connectivity index (χ4n) is 6.53. The second-order valence-electron chi connectivity index (χ2n) is 13.8. The Morgan fingerprint density at radius 2 is 0.442 bits per heavy atom. The number of hydrogen-bond donors (Lipinski definition) is 0. The minimum atomic E-state index is -0.897. The fourth-order valence-corrected chi connectivity index (χ4v) is 6.53. The number of rotatable bonds is 38. The van der Waals surface area contributed by atoms with Crippen molar-refractivity contribution < 1.29 is 61.3 Å². The summed E-state index contributed by atoms with van der Waals surface area (Å²) in [6.07, 6.45) is 52.5. The molecule has 0 amide bonds. The Kier molecular flexibility index (Phi) is 46.3. The zero-order valence-electron chi connectivity index (χ0n) is 30.2. The molecule has 0 rings (SSSR count). The van der Waals surface area contributed by atoms with E-state index in [-0.39, 0.29) is 57.8 Å². The number of aliphatic carboxylic acids is 1. The second kappa shape index (κ2) is 43.1. The van der Waals surface area contributed by atoms with Crippen molar-refractivity contribution in [3.05, 3.63) is 0 Å². The van der Waals surface area contributed by atoms with Crippen LogP contribution in [0.5, 0.6) is 0 Å². The normalized spacial score (nSPS) is 11.2. The topological polar surface area (TPSA) is 40.1 Å². The van der Waals surface area contributed by atoms with Crippen LogP contribution in [0.3, 0.4) is 0 Å². The van der Waals surface area contributed by atoms with Gasteiger partial charge in [-0.1, -0.05) is 238 Å². The predicted octanol–water partition coefficient (Wildman–Crippen LogP) is 10.6. The van der Waals surface area contributed by atoms with E-state index in [1.165, 1.54) is 225 Å². The van der Waals surface area contributed by atoms with Gasteiger partial charge in [0.05, 0.1) is 0 Å². The molecule has 0 saturated heterocycles. The Morgan fingerprint density at radius 3 is 0.581 bits per heavy atom. The van der Waals surface area contributed by atoms with Crippen LogP contribution in [0.15, 0.2) is 0 Å². The van der Waals surface area contributed by atoms with Crippen LogP contribution in [0.25, 0.3) is 0 Å². The minimum Gasteiger partial charge on any atom is -0.550 e. The van der Waals surface area contributed by atoms with Crippen molar-refractivity contribution >= 4 is 5.97 Å². The van der Waals surface area contributed by atoms with E-state index in [1.807, 2.05) is 0 Å². The monoisotopic (exact) mass is 631 g/mol. The number of carboxylic acids is 1. The van der Waals surface area contributed by atoms with Crippen molar-refractivity contribution in [3.63, 3.8) is 0 Å². The Labute approximate surface area is 315 Å². The summed E-state index contributed by atoms with van der Waals surface area (Å²) in [5.74, 6) is -0.897. The van der Waals surface area contributed by atoms with Crippen LogP contribution in [0.1, 0.15) is 251 Å². The number of carbonyl (C=O) groups excluding carboxylic acids is 1. The van der Waals surface area contributed by atoms with Crippen LogP contribution in [0.2, 0.25) is 0 Å². The third-order valence-corrected chi connectivity index (χ3v) is 9.48. The van der Waals surface area contributed by atoms with Gasteiger partial charge in [-0.15, -0.1) is 0 Å². The quantitative estimate of drug-likeness (QED) is 0.0503. The largest absolute Gasteiger partial charge is 1.00 e. The van der Waals surface area contributed by atoms with Crippen LogP contribution in [0.4, 0.5) is 0 Å². The van der Waals surface area contributed by atoms with Gasteiger partial charge in [-0.3, -0.25) is 0 Å². The average Bonchev–Trinajstić information content (AvgIpc) is 2.98. The summed E-state index contributed by atoms with van der Waals surface area (Å²) < 4.78 is 0. The molecule has 0 fully saturated rings. The molecule has 0 spiro atoms. The molecule has 43 heavy (non-hydrogen) atoms. The summed E-state index contributed by atoms with van der Waals surface area (Å²) in [6, 6.07) is 0. The molecule has 0 aliphatic rings. The first-order valence-electron chi connectivity index (χ1n) is 20.0. The van der Waals surface area contributed by atoms with E-state index in [2.05, 4.69) is 6.92 Å². The SMILES string of the molecule is CCCCCCCCCCCCCCCCCCCCCCCCCCCCCCCCCCCCCCCC(=O)[O-].[K+]. The summed E-state index contributed by atoms with van der Waals surface area (Å²) in [5, 5.41) is 10.4. The summed E-state index contributed by atoms with van der Waals surface area (Å²) in [4.78, 5) is 10.4. The molecule has 0 aliphatic heterocycles. The smallest absolute Gasteiger partial charge is 0.550 e. The first-order chi connectivity index (χ1) is 20.8. The van der Waals surface area contributed by atoms with Crippen LogP contribution < -0.4 is 56.5 Å². The molecule has 0 aliphatic carbocycles. The van der Waals surface area contributed by atoms with Gasteiger partial charge in [0.15, 0.2) is 0 Å². The van der Waals surface area contributed by atoms with E-state index in [4.69, 9.17) is 0 Å². The predicted molar refractivity (Wildman–Crippen MR) is 186 cm³/mol. The standard InChI is InChI=1S/C40H80O2.K/c1-2-3-4-5-6-7-8-9-10-11-12-13-14-15-16-17-18-19-20-21-22-23-24-25-26-27-28-29-30-31-32-33-34-35-36-37-38-39-40(41)42;/h2-39H2,1H3,(H,41,42);/q;+1/p-1. The Bertz CT molecular complexity index is 495. The third-order valence-electron chi connectivity index (χ3n) is 9.48. The van der Waals surface area contributed by atoms with Gasteiger partial charge in [0.2, 0.25) is 0 Å². The Balaban J connectivity index is 0. The van der Waals surface area contributed by atoms with E-state index in [0.717, 1.165) is 12.8 Å². The first kappa shape index (κ1) is 46.2. The first-order valence-corrected chi connectivity index (χ1v) is 20.0. The molecule has 0 aromatic rings. The van der Waals surface area contributed by atoms with Crippen molar-refractivity contribution in [1.29, 1.82) is 0 Å². The van der Waals surface area contributed by atoms with Gasteiger partial charge in [0.1, 0.15) is 0 Å². The van der Waals surface area contributed by atoms with E-state index in [9.17, 15) is 9.90 Å². The van der Waals surface area contributed by atoms with Gasteiger partial charge < -0.3 is 9.90 Å². The third kappa shape index (κ3) is 45.3. The molecule has 0 saturated carbocycles. The van der Waals surface area contributed by atoms with Crippen LogP contribution >= 0.6 is 0 Å². The van der Waals surface area contributed by atoms with Gasteiger partial charge in [-0.05, 0) is 12.8 Å². The number of hydrogen-bond acceptors (Lipinski definition) is 2. The van der Waals surface area contributed by atoms with Gasteiger partial charge in [-0.25, -0.2) is 0 Å². The van der Waals surface area contributed by atoms with Crippen molar-refractivity contribution in [2.45, 2.75) is 251 Å². The Morgan fingerprint density at radius 1 is 0.302 bits per heavy atom. The molecule has 0 aromatic heterocycles. The number of carbonyl (C=O) groups is 1. The molecule has 0 heterocycles. The summed E-state index contributed by atoms with van der Waals surface area (Å²) in [7, 11) is 0. The zero-order valence-corrected chi connectivity index (χ0v) is 33.3. The zero-order chi connectivity index (χ0) is 30.4. The Hall–Kier alpha value is 1.11. The fraction of sp³-hybridized carbons (Fsp3) is 0.975. The van der Waals surface area contributed by atoms with Crippen molar-refractivity contribution in [2.24, 2.45) is 0 Å². The summed E-state index contributed by atoms with van der Waals surface area (Å²) in [5.41, 5.74) is 0. The van der Waals surface area contributed by atoms with Gasteiger partial charge >= 0.3 is 51.4 Å². The number of unbranched alkanes of at least 4 members (excludes halogenated alkanes) is 36. The van der Waals surface area contributed by atoms with Crippen molar-refractivity contribution in [3.8, 4) is 0 Å². The molecule has 0 unspecified atom stereocenters. The van der Waals surface area contributed by atoms with E-state index in [0.29, 0.717) is 0 Å². The van der Waals surface area contributed by atoms with E-state index < -0.39 is 5.97 Å². The summed E-state index contributed by atoms with van der Waals surface area (Å²) >= 11 is 0. The van der Waals surface area contributed by atoms with Gasteiger partial charge in [0, 0.05) is 5.97 Å². The number of carboxylic acid groups (broad SMARTS) is 1.